The van der Waals surface area contributed by atoms with Crippen molar-refractivity contribution in [2.75, 3.05) is 45.9 Å². The first-order valence-electron chi connectivity index (χ1n) is 9.47. The lowest BCUT2D eigenvalue weighted by atomic mass is 9.95. The molecular formula is C20H30N2O3. The highest BCUT2D eigenvalue weighted by Crippen LogP contribution is 2.20. The van der Waals surface area contributed by atoms with E-state index in [0.29, 0.717) is 12.5 Å². The van der Waals surface area contributed by atoms with Crippen LogP contribution in [0.2, 0.25) is 0 Å². The van der Waals surface area contributed by atoms with Crippen LogP contribution in [0.25, 0.3) is 0 Å². The zero-order valence-corrected chi connectivity index (χ0v) is 15.2. The second kappa shape index (κ2) is 9.32. The molecule has 2 heterocycles. The van der Waals surface area contributed by atoms with Crippen LogP contribution in [0.4, 0.5) is 0 Å². The van der Waals surface area contributed by atoms with Gasteiger partial charge in [-0.3, -0.25) is 9.69 Å². The average molecular weight is 346 g/mol. The summed E-state index contributed by atoms with van der Waals surface area (Å²) in [5.41, 5.74) is 1.10. The Balaban J connectivity index is 1.38. The van der Waals surface area contributed by atoms with Gasteiger partial charge in [0, 0.05) is 32.7 Å². The molecule has 0 spiro atoms. The topological polar surface area (TPSA) is 42.0 Å². The van der Waals surface area contributed by atoms with Crippen LogP contribution in [0.15, 0.2) is 30.3 Å². The minimum absolute atomic E-state index is 0.126. The standard InChI is InChI=1S/C20H30N2O3/c1-17(25-16-19-5-3-2-4-6-19)20(23)22-9-7-18(8-10-22)15-21-11-13-24-14-12-21/h2-6,17-18H,7-16H2,1H3/t17-/m0/s1. The normalized spacial score (nSPS) is 21.2. The molecule has 1 atom stereocenters. The van der Waals surface area contributed by atoms with Crippen LogP contribution >= 0.6 is 0 Å². The number of benzene rings is 1. The molecule has 0 aromatic heterocycles. The van der Waals surface area contributed by atoms with Gasteiger partial charge in [-0.25, -0.2) is 0 Å². The van der Waals surface area contributed by atoms with Gasteiger partial charge in [0.1, 0.15) is 6.10 Å². The number of hydrogen-bond donors (Lipinski definition) is 0. The molecule has 5 heteroatoms. The van der Waals surface area contributed by atoms with E-state index >= 15 is 0 Å². The van der Waals surface area contributed by atoms with E-state index in [1.54, 1.807) is 0 Å². The lowest BCUT2D eigenvalue weighted by molar-refractivity contribution is -0.145. The fourth-order valence-corrected chi connectivity index (χ4v) is 3.61. The molecular weight excluding hydrogens is 316 g/mol. The number of nitrogens with zero attached hydrogens (tertiary/aromatic N) is 2. The SMILES string of the molecule is C[C@H](OCc1ccccc1)C(=O)N1CCC(CN2CCOCC2)CC1. The molecule has 0 saturated carbocycles. The first kappa shape index (κ1) is 18.4. The van der Waals surface area contributed by atoms with E-state index in [0.717, 1.165) is 64.3 Å². The lowest BCUT2D eigenvalue weighted by Crippen LogP contribution is -2.46. The summed E-state index contributed by atoms with van der Waals surface area (Å²) in [6.45, 7) is 9.01. The summed E-state index contributed by atoms with van der Waals surface area (Å²) in [6.07, 6.45) is 1.80. The highest BCUT2D eigenvalue weighted by atomic mass is 16.5. The summed E-state index contributed by atoms with van der Waals surface area (Å²) >= 11 is 0. The molecule has 1 amide bonds. The average Bonchev–Trinajstić information content (AvgIpc) is 2.68. The highest BCUT2D eigenvalue weighted by Gasteiger charge is 2.27. The summed E-state index contributed by atoms with van der Waals surface area (Å²) in [5, 5.41) is 0. The van der Waals surface area contributed by atoms with Gasteiger partial charge >= 0.3 is 0 Å². The van der Waals surface area contributed by atoms with Gasteiger partial charge < -0.3 is 14.4 Å². The number of piperidine rings is 1. The maximum absolute atomic E-state index is 12.6. The number of carbonyl (C=O) groups is 1. The van der Waals surface area contributed by atoms with Crippen molar-refractivity contribution < 1.29 is 14.3 Å². The molecule has 5 nitrogen and oxygen atoms in total. The summed E-state index contributed by atoms with van der Waals surface area (Å²) < 4.78 is 11.2. The smallest absolute Gasteiger partial charge is 0.251 e. The van der Waals surface area contributed by atoms with Crippen molar-refractivity contribution >= 4 is 5.91 Å². The van der Waals surface area contributed by atoms with E-state index in [-0.39, 0.29) is 12.0 Å². The van der Waals surface area contributed by atoms with Gasteiger partial charge in [0.2, 0.25) is 0 Å². The summed E-state index contributed by atoms with van der Waals surface area (Å²) in [6, 6.07) is 10.0. The molecule has 2 fully saturated rings. The van der Waals surface area contributed by atoms with Gasteiger partial charge in [0.15, 0.2) is 0 Å². The predicted octanol–water partition coefficient (Wildman–Crippen LogP) is 2.16. The van der Waals surface area contributed by atoms with Gasteiger partial charge in [-0.2, -0.15) is 0 Å². The molecule has 0 radical (unpaired) electrons. The van der Waals surface area contributed by atoms with Crippen molar-refractivity contribution in [3.63, 3.8) is 0 Å². The van der Waals surface area contributed by atoms with Crippen LogP contribution in [-0.2, 0) is 20.9 Å². The second-order valence-corrected chi connectivity index (χ2v) is 7.12. The molecule has 138 valence electrons. The summed E-state index contributed by atoms with van der Waals surface area (Å²) in [5.74, 6) is 0.823. The molecule has 0 aliphatic carbocycles. The number of morpholine rings is 1. The third-order valence-electron chi connectivity index (χ3n) is 5.24. The molecule has 2 aliphatic rings. The van der Waals surface area contributed by atoms with Crippen LogP contribution in [0.5, 0.6) is 0 Å². The van der Waals surface area contributed by atoms with Crippen LogP contribution in [0, 0.1) is 5.92 Å². The summed E-state index contributed by atoms with van der Waals surface area (Å²) in [4.78, 5) is 17.1. The Bertz CT molecular complexity index is 523. The highest BCUT2D eigenvalue weighted by molar-refractivity contribution is 5.80. The minimum atomic E-state index is -0.379. The van der Waals surface area contributed by atoms with E-state index in [4.69, 9.17) is 9.47 Å². The van der Waals surface area contributed by atoms with Crippen molar-refractivity contribution in [1.82, 2.24) is 9.80 Å². The van der Waals surface area contributed by atoms with E-state index in [1.807, 2.05) is 42.2 Å². The molecule has 25 heavy (non-hydrogen) atoms. The van der Waals surface area contributed by atoms with Gasteiger partial charge in [-0.15, -0.1) is 0 Å². The maximum Gasteiger partial charge on any atom is 0.251 e. The molecule has 1 aromatic carbocycles. The number of carbonyl (C=O) groups excluding carboxylic acids is 1. The van der Waals surface area contributed by atoms with Crippen molar-refractivity contribution in [3.8, 4) is 0 Å². The minimum Gasteiger partial charge on any atom is -0.379 e. The fourth-order valence-electron chi connectivity index (χ4n) is 3.61. The van der Waals surface area contributed by atoms with Gasteiger partial charge in [0.05, 0.1) is 19.8 Å². The molecule has 0 bridgehead atoms. The molecule has 2 aliphatic heterocycles. The van der Waals surface area contributed by atoms with Crippen LogP contribution in [0.3, 0.4) is 0 Å². The van der Waals surface area contributed by atoms with E-state index in [2.05, 4.69) is 4.90 Å². The zero-order valence-electron chi connectivity index (χ0n) is 15.2. The Kier molecular flexibility index (Phi) is 6.84. The van der Waals surface area contributed by atoms with E-state index in [9.17, 15) is 4.79 Å². The summed E-state index contributed by atoms with van der Waals surface area (Å²) in [7, 11) is 0. The number of ether oxygens (including phenoxy) is 2. The van der Waals surface area contributed by atoms with Gasteiger partial charge in [0.25, 0.3) is 5.91 Å². The third-order valence-corrected chi connectivity index (χ3v) is 5.24. The van der Waals surface area contributed by atoms with Crippen molar-refractivity contribution in [2.24, 2.45) is 5.92 Å². The van der Waals surface area contributed by atoms with Crippen molar-refractivity contribution in [1.29, 1.82) is 0 Å². The largest absolute Gasteiger partial charge is 0.379 e. The number of amides is 1. The van der Waals surface area contributed by atoms with E-state index in [1.165, 1.54) is 0 Å². The Morgan fingerprint density at radius 2 is 1.84 bits per heavy atom. The quantitative estimate of drug-likeness (QED) is 0.792. The number of rotatable bonds is 6. The molecule has 3 rings (SSSR count). The second-order valence-electron chi connectivity index (χ2n) is 7.12. The van der Waals surface area contributed by atoms with Crippen LogP contribution in [-0.4, -0.2) is 67.7 Å². The third kappa shape index (κ3) is 5.53. The zero-order chi connectivity index (χ0) is 17.5. The molecule has 2 saturated heterocycles. The maximum atomic E-state index is 12.6. The Labute approximate surface area is 150 Å². The first-order chi connectivity index (χ1) is 12.2. The van der Waals surface area contributed by atoms with Crippen molar-refractivity contribution in [3.05, 3.63) is 35.9 Å². The Morgan fingerprint density at radius 3 is 2.52 bits per heavy atom. The molecule has 0 unspecified atom stereocenters. The van der Waals surface area contributed by atoms with Crippen LogP contribution in [0.1, 0.15) is 25.3 Å². The molecule has 0 N–H and O–H groups in total. The van der Waals surface area contributed by atoms with E-state index < -0.39 is 0 Å². The van der Waals surface area contributed by atoms with Gasteiger partial charge in [-0.1, -0.05) is 30.3 Å². The Morgan fingerprint density at radius 1 is 1.16 bits per heavy atom. The number of likely N-dealkylation sites (tertiary alicyclic amines) is 1. The van der Waals surface area contributed by atoms with Crippen molar-refractivity contribution in [2.45, 2.75) is 32.5 Å². The Hall–Kier alpha value is -1.43. The molecule has 1 aromatic rings. The monoisotopic (exact) mass is 346 g/mol. The van der Waals surface area contributed by atoms with Gasteiger partial charge in [-0.05, 0) is 31.2 Å². The van der Waals surface area contributed by atoms with Crippen LogP contribution < -0.4 is 0 Å². The fraction of sp³-hybridized carbons (Fsp3) is 0.650. The number of hydrogen-bond acceptors (Lipinski definition) is 4. The lowest BCUT2D eigenvalue weighted by Gasteiger charge is -2.36. The first-order valence-corrected chi connectivity index (χ1v) is 9.47. The predicted molar refractivity (Wildman–Crippen MR) is 97.3 cm³/mol.